The van der Waals surface area contributed by atoms with E-state index in [-0.39, 0.29) is 0 Å². The summed E-state index contributed by atoms with van der Waals surface area (Å²) in [5.74, 6) is 0.899. The molecular weight excluding hydrogens is 380 g/mol. The van der Waals surface area contributed by atoms with Gasteiger partial charge >= 0.3 is 0 Å². The average Bonchev–Trinajstić information content (AvgIpc) is 2.75. The summed E-state index contributed by atoms with van der Waals surface area (Å²) in [6, 6.07) is 20.2. The number of hydrogen-bond donors (Lipinski definition) is 1. The third-order valence-corrected chi connectivity index (χ3v) is 6.98. The SMILES string of the molecule is COc1ccccc1CNCCN1c2ccccc2S(=O)c2ccc(C)c(C)c21. The first-order chi connectivity index (χ1) is 14.1. The Labute approximate surface area is 175 Å². The Kier molecular flexibility index (Phi) is 5.69. The van der Waals surface area contributed by atoms with Crippen LogP contribution in [0.15, 0.2) is 70.5 Å². The van der Waals surface area contributed by atoms with Gasteiger partial charge < -0.3 is 15.0 Å². The Hall–Kier alpha value is -2.63. The monoisotopic (exact) mass is 406 g/mol. The van der Waals surface area contributed by atoms with Gasteiger partial charge in [0.2, 0.25) is 0 Å². The third-order valence-electron chi connectivity index (χ3n) is 5.51. The molecule has 1 aliphatic rings. The van der Waals surface area contributed by atoms with E-state index in [0.717, 1.165) is 52.1 Å². The van der Waals surface area contributed by atoms with Crippen molar-refractivity contribution in [3.63, 3.8) is 0 Å². The largest absolute Gasteiger partial charge is 0.496 e. The molecular formula is C24H26N2O2S. The first-order valence-corrected chi connectivity index (χ1v) is 11.0. The van der Waals surface area contributed by atoms with Crippen molar-refractivity contribution in [2.45, 2.75) is 30.2 Å². The van der Waals surface area contributed by atoms with E-state index < -0.39 is 10.8 Å². The summed E-state index contributed by atoms with van der Waals surface area (Å²) in [6.45, 7) is 6.56. The van der Waals surface area contributed by atoms with Crippen LogP contribution in [0.4, 0.5) is 11.4 Å². The Bertz CT molecular complexity index is 1060. The summed E-state index contributed by atoms with van der Waals surface area (Å²) in [6.07, 6.45) is 0. The molecule has 0 amide bonds. The molecule has 29 heavy (non-hydrogen) atoms. The second-order valence-electron chi connectivity index (χ2n) is 7.23. The Balaban J connectivity index is 1.58. The van der Waals surface area contributed by atoms with Gasteiger partial charge in [-0.05, 0) is 49.2 Å². The number of nitrogens with one attached hydrogen (secondary N) is 1. The van der Waals surface area contributed by atoms with E-state index in [1.54, 1.807) is 7.11 Å². The Morgan fingerprint density at radius 2 is 1.72 bits per heavy atom. The van der Waals surface area contributed by atoms with Crippen LogP contribution in [0.1, 0.15) is 16.7 Å². The quantitative estimate of drug-likeness (QED) is 0.602. The summed E-state index contributed by atoms with van der Waals surface area (Å²) in [5.41, 5.74) is 5.66. The molecule has 0 spiro atoms. The van der Waals surface area contributed by atoms with Crippen molar-refractivity contribution in [3.8, 4) is 5.75 Å². The number of para-hydroxylation sites is 2. The van der Waals surface area contributed by atoms with Crippen LogP contribution in [-0.2, 0) is 17.3 Å². The predicted molar refractivity (Wildman–Crippen MR) is 119 cm³/mol. The predicted octanol–water partition coefficient (Wildman–Crippen LogP) is 4.72. The van der Waals surface area contributed by atoms with Crippen molar-refractivity contribution in [2.75, 3.05) is 25.1 Å². The molecule has 5 heteroatoms. The van der Waals surface area contributed by atoms with Crippen molar-refractivity contribution < 1.29 is 8.95 Å². The number of benzene rings is 3. The number of aryl methyl sites for hydroxylation is 1. The highest BCUT2D eigenvalue weighted by molar-refractivity contribution is 7.85. The van der Waals surface area contributed by atoms with Crippen LogP contribution in [0.5, 0.6) is 5.75 Å². The van der Waals surface area contributed by atoms with E-state index in [4.69, 9.17) is 4.74 Å². The molecule has 4 rings (SSSR count). The van der Waals surface area contributed by atoms with Crippen LogP contribution in [0.3, 0.4) is 0 Å². The lowest BCUT2D eigenvalue weighted by atomic mass is 10.1. The van der Waals surface area contributed by atoms with Gasteiger partial charge in [-0.25, -0.2) is 4.21 Å². The first-order valence-electron chi connectivity index (χ1n) is 9.83. The molecule has 0 radical (unpaired) electrons. The van der Waals surface area contributed by atoms with Gasteiger partial charge in [0.05, 0.1) is 39.1 Å². The van der Waals surface area contributed by atoms with Crippen molar-refractivity contribution >= 4 is 22.2 Å². The normalized spacial score (nSPS) is 15.0. The van der Waals surface area contributed by atoms with Crippen molar-refractivity contribution in [1.29, 1.82) is 0 Å². The molecule has 1 unspecified atom stereocenters. The van der Waals surface area contributed by atoms with Gasteiger partial charge in [0.25, 0.3) is 0 Å². The highest BCUT2D eigenvalue weighted by Crippen LogP contribution is 2.44. The van der Waals surface area contributed by atoms with E-state index >= 15 is 0 Å². The summed E-state index contributed by atoms with van der Waals surface area (Å²) in [5, 5.41) is 3.53. The van der Waals surface area contributed by atoms with Crippen LogP contribution < -0.4 is 15.0 Å². The molecule has 1 heterocycles. The second kappa shape index (κ2) is 8.39. The standard InChI is InChI=1S/C24H26N2O2S/c1-17-12-13-23-24(18(17)2)26(20-9-5-7-11-22(20)29(23)27)15-14-25-16-19-8-4-6-10-21(19)28-3/h4-13,25H,14-16H2,1-3H3. The molecule has 0 saturated carbocycles. The smallest absolute Gasteiger partial charge is 0.123 e. The lowest BCUT2D eigenvalue weighted by molar-refractivity contribution is 0.408. The number of rotatable bonds is 6. The van der Waals surface area contributed by atoms with Crippen LogP contribution in [-0.4, -0.2) is 24.4 Å². The summed E-state index contributed by atoms with van der Waals surface area (Å²) in [7, 11) is 0.551. The fraction of sp³-hybridized carbons (Fsp3) is 0.250. The van der Waals surface area contributed by atoms with Gasteiger partial charge in [0.15, 0.2) is 0 Å². The fourth-order valence-corrected chi connectivity index (χ4v) is 5.27. The molecule has 0 saturated heterocycles. The number of fused-ring (bicyclic) bond motifs is 2. The van der Waals surface area contributed by atoms with Gasteiger partial charge in [0.1, 0.15) is 5.75 Å². The minimum absolute atomic E-state index is 0.741. The maximum Gasteiger partial charge on any atom is 0.123 e. The molecule has 0 fully saturated rings. The van der Waals surface area contributed by atoms with Gasteiger partial charge in [-0.2, -0.15) is 0 Å². The van der Waals surface area contributed by atoms with Crippen LogP contribution >= 0.6 is 0 Å². The molecule has 4 nitrogen and oxygen atoms in total. The lowest BCUT2D eigenvalue weighted by Crippen LogP contribution is -2.32. The van der Waals surface area contributed by atoms with E-state index in [9.17, 15) is 4.21 Å². The van der Waals surface area contributed by atoms with Gasteiger partial charge in [-0.15, -0.1) is 0 Å². The molecule has 1 atom stereocenters. The lowest BCUT2D eigenvalue weighted by Gasteiger charge is -2.34. The van der Waals surface area contributed by atoms with Crippen LogP contribution in [0, 0.1) is 13.8 Å². The van der Waals surface area contributed by atoms with E-state index in [2.05, 4.69) is 42.3 Å². The third kappa shape index (κ3) is 3.68. The highest BCUT2D eigenvalue weighted by atomic mass is 32.2. The van der Waals surface area contributed by atoms with Gasteiger partial charge in [0, 0.05) is 25.2 Å². The number of nitrogens with zero attached hydrogens (tertiary/aromatic N) is 1. The van der Waals surface area contributed by atoms with Crippen LogP contribution in [0.25, 0.3) is 0 Å². The molecule has 1 N–H and O–H groups in total. The average molecular weight is 407 g/mol. The van der Waals surface area contributed by atoms with Crippen molar-refractivity contribution in [2.24, 2.45) is 0 Å². The molecule has 3 aromatic rings. The molecule has 3 aromatic carbocycles. The van der Waals surface area contributed by atoms with Crippen molar-refractivity contribution in [1.82, 2.24) is 5.32 Å². The Morgan fingerprint density at radius 3 is 2.55 bits per heavy atom. The maximum atomic E-state index is 13.2. The summed E-state index contributed by atoms with van der Waals surface area (Å²) in [4.78, 5) is 4.09. The zero-order valence-electron chi connectivity index (χ0n) is 17.1. The number of methoxy groups -OCH3 is 1. The minimum Gasteiger partial charge on any atom is -0.496 e. The molecule has 0 aliphatic carbocycles. The van der Waals surface area contributed by atoms with Crippen molar-refractivity contribution in [3.05, 3.63) is 77.4 Å². The number of anilines is 2. The minimum atomic E-state index is -1.15. The summed E-state index contributed by atoms with van der Waals surface area (Å²) < 4.78 is 18.6. The molecule has 0 bridgehead atoms. The highest BCUT2D eigenvalue weighted by Gasteiger charge is 2.29. The second-order valence-corrected chi connectivity index (χ2v) is 8.65. The van der Waals surface area contributed by atoms with E-state index in [1.807, 2.05) is 42.5 Å². The Morgan fingerprint density at radius 1 is 0.966 bits per heavy atom. The van der Waals surface area contributed by atoms with Crippen LogP contribution in [0.2, 0.25) is 0 Å². The van der Waals surface area contributed by atoms with Gasteiger partial charge in [-0.3, -0.25) is 0 Å². The number of ether oxygens (including phenoxy) is 1. The summed E-state index contributed by atoms with van der Waals surface area (Å²) >= 11 is 0. The molecule has 0 aromatic heterocycles. The van der Waals surface area contributed by atoms with E-state index in [0.29, 0.717) is 0 Å². The topological polar surface area (TPSA) is 41.6 Å². The zero-order chi connectivity index (χ0) is 20.4. The molecule has 150 valence electrons. The first kappa shape index (κ1) is 19.7. The fourth-order valence-electron chi connectivity index (χ4n) is 3.83. The molecule has 1 aliphatic heterocycles. The van der Waals surface area contributed by atoms with E-state index in [1.165, 1.54) is 11.1 Å². The number of hydrogen-bond acceptors (Lipinski definition) is 4. The maximum absolute atomic E-state index is 13.2. The van der Waals surface area contributed by atoms with Gasteiger partial charge in [-0.1, -0.05) is 36.4 Å². The zero-order valence-corrected chi connectivity index (χ0v) is 17.9.